The maximum Gasteiger partial charge on any atom is 0.128 e. The number of ether oxygens (including phenoxy) is 1. The molecule has 0 radical (unpaired) electrons. The molecule has 0 bridgehead atoms. The number of hydrazone groups is 1. The fraction of sp³-hybridized carbons (Fsp3) is 0.0909. The van der Waals surface area contributed by atoms with Crippen LogP contribution in [0.2, 0.25) is 5.02 Å². The van der Waals surface area contributed by atoms with Gasteiger partial charge in [0, 0.05) is 10.6 Å². The van der Waals surface area contributed by atoms with E-state index in [-0.39, 0.29) is 0 Å². The molecule has 3 aromatic rings. The van der Waals surface area contributed by atoms with Gasteiger partial charge in [0.2, 0.25) is 0 Å². The van der Waals surface area contributed by atoms with Gasteiger partial charge in [-0.1, -0.05) is 54.1 Å². The van der Waals surface area contributed by atoms with E-state index in [0.717, 1.165) is 22.4 Å². The van der Waals surface area contributed by atoms with E-state index in [1.165, 1.54) is 0 Å². The standard InChI is InChI=1S/C22H18ClN3O/c23-21-7-3-1-5-19(21)14-25-26-15-20-6-2-4-8-22(20)27-16-18-11-9-17(13-24)10-12-18/h1-12,15,25H,14,16H2/b26-15-. The van der Waals surface area contributed by atoms with Gasteiger partial charge in [-0.25, -0.2) is 0 Å². The largest absolute Gasteiger partial charge is 0.488 e. The van der Waals surface area contributed by atoms with Gasteiger partial charge in [-0.05, 0) is 41.5 Å². The summed E-state index contributed by atoms with van der Waals surface area (Å²) < 4.78 is 5.91. The van der Waals surface area contributed by atoms with Crippen LogP contribution in [0.3, 0.4) is 0 Å². The predicted molar refractivity (Wildman–Crippen MR) is 108 cm³/mol. The maximum atomic E-state index is 8.85. The number of rotatable bonds is 7. The van der Waals surface area contributed by atoms with Crippen LogP contribution in [0.5, 0.6) is 5.75 Å². The molecule has 0 fully saturated rings. The summed E-state index contributed by atoms with van der Waals surface area (Å²) in [6, 6.07) is 24.8. The van der Waals surface area contributed by atoms with E-state index in [1.54, 1.807) is 18.3 Å². The first-order valence-corrected chi connectivity index (χ1v) is 8.84. The summed E-state index contributed by atoms with van der Waals surface area (Å²) in [5.41, 5.74) is 6.50. The molecule has 0 saturated carbocycles. The third kappa shape index (κ3) is 5.34. The number of halogens is 1. The number of nitriles is 1. The van der Waals surface area contributed by atoms with E-state index in [2.05, 4.69) is 16.6 Å². The highest BCUT2D eigenvalue weighted by Crippen LogP contribution is 2.18. The maximum absolute atomic E-state index is 8.85. The highest BCUT2D eigenvalue weighted by atomic mass is 35.5. The highest BCUT2D eigenvalue weighted by molar-refractivity contribution is 6.31. The van der Waals surface area contributed by atoms with Crippen LogP contribution in [0, 0.1) is 11.3 Å². The third-order valence-electron chi connectivity index (χ3n) is 3.92. The number of hydrogen-bond acceptors (Lipinski definition) is 4. The minimum atomic E-state index is 0.420. The van der Waals surface area contributed by atoms with E-state index < -0.39 is 0 Å². The van der Waals surface area contributed by atoms with Crippen molar-refractivity contribution in [1.29, 1.82) is 5.26 Å². The van der Waals surface area contributed by atoms with Gasteiger partial charge in [0.1, 0.15) is 12.4 Å². The lowest BCUT2D eigenvalue weighted by atomic mass is 10.1. The average molecular weight is 376 g/mol. The third-order valence-corrected chi connectivity index (χ3v) is 4.29. The van der Waals surface area contributed by atoms with Gasteiger partial charge < -0.3 is 10.2 Å². The van der Waals surface area contributed by atoms with Gasteiger partial charge in [0.15, 0.2) is 0 Å². The number of nitrogens with one attached hydrogen (secondary N) is 1. The molecule has 3 aromatic carbocycles. The van der Waals surface area contributed by atoms with Crippen LogP contribution in [-0.2, 0) is 13.2 Å². The first-order valence-electron chi connectivity index (χ1n) is 8.46. The van der Waals surface area contributed by atoms with Crippen LogP contribution in [0.1, 0.15) is 22.3 Å². The second-order valence-electron chi connectivity index (χ2n) is 5.82. The van der Waals surface area contributed by atoms with Crippen molar-refractivity contribution in [2.45, 2.75) is 13.2 Å². The monoisotopic (exact) mass is 375 g/mol. The molecule has 0 aliphatic heterocycles. The number of hydrogen-bond donors (Lipinski definition) is 1. The molecule has 0 heterocycles. The van der Waals surface area contributed by atoms with Crippen LogP contribution < -0.4 is 10.2 Å². The SMILES string of the molecule is N#Cc1ccc(COc2ccccc2/C=N\NCc2ccccc2Cl)cc1. The van der Waals surface area contributed by atoms with Crippen molar-refractivity contribution in [2.24, 2.45) is 5.10 Å². The zero-order chi connectivity index (χ0) is 18.9. The molecule has 0 atom stereocenters. The molecule has 1 N–H and O–H groups in total. The number of para-hydroxylation sites is 1. The Kier molecular flexibility index (Phi) is 6.45. The predicted octanol–water partition coefficient (Wildman–Crippen LogP) is 4.91. The Morgan fingerprint density at radius 3 is 2.52 bits per heavy atom. The second kappa shape index (κ2) is 9.42. The Bertz CT molecular complexity index is 962. The quantitative estimate of drug-likeness (QED) is 0.471. The van der Waals surface area contributed by atoms with Crippen LogP contribution in [0.25, 0.3) is 0 Å². The van der Waals surface area contributed by atoms with Gasteiger partial charge in [-0.3, -0.25) is 0 Å². The van der Waals surface area contributed by atoms with Crippen LogP contribution in [0.4, 0.5) is 0 Å². The van der Waals surface area contributed by atoms with Gasteiger partial charge in [-0.15, -0.1) is 0 Å². The zero-order valence-electron chi connectivity index (χ0n) is 14.6. The average Bonchev–Trinajstić information content (AvgIpc) is 2.72. The summed E-state index contributed by atoms with van der Waals surface area (Å²) in [5.74, 6) is 0.741. The molecule has 27 heavy (non-hydrogen) atoms. The minimum Gasteiger partial charge on any atom is -0.488 e. The summed E-state index contributed by atoms with van der Waals surface area (Å²) in [7, 11) is 0. The first kappa shape index (κ1) is 18.5. The van der Waals surface area contributed by atoms with Crippen molar-refractivity contribution in [3.05, 3.63) is 100 Å². The normalized spacial score (nSPS) is 10.5. The van der Waals surface area contributed by atoms with E-state index >= 15 is 0 Å². The number of benzene rings is 3. The molecule has 0 saturated heterocycles. The summed E-state index contributed by atoms with van der Waals surface area (Å²) >= 11 is 6.13. The summed E-state index contributed by atoms with van der Waals surface area (Å²) in [5, 5.41) is 13.8. The van der Waals surface area contributed by atoms with Crippen molar-refractivity contribution >= 4 is 17.8 Å². The van der Waals surface area contributed by atoms with Gasteiger partial charge in [0.25, 0.3) is 0 Å². The Morgan fingerprint density at radius 1 is 1.00 bits per heavy atom. The Morgan fingerprint density at radius 2 is 1.74 bits per heavy atom. The van der Waals surface area contributed by atoms with Crippen molar-refractivity contribution in [3.8, 4) is 11.8 Å². The van der Waals surface area contributed by atoms with Crippen LogP contribution in [0.15, 0.2) is 77.9 Å². The van der Waals surface area contributed by atoms with E-state index in [9.17, 15) is 0 Å². The lowest BCUT2D eigenvalue weighted by Crippen LogP contribution is -2.06. The number of nitrogens with zero attached hydrogens (tertiary/aromatic N) is 2. The van der Waals surface area contributed by atoms with Crippen molar-refractivity contribution in [2.75, 3.05) is 0 Å². The summed E-state index contributed by atoms with van der Waals surface area (Å²) in [6.45, 7) is 0.966. The fourth-order valence-electron chi connectivity index (χ4n) is 2.44. The molecular formula is C22H18ClN3O. The Hall–Kier alpha value is -3.29. The molecule has 0 spiro atoms. The molecule has 0 aliphatic rings. The highest BCUT2D eigenvalue weighted by Gasteiger charge is 2.02. The fourth-order valence-corrected chi connectivity index (χ4v) is 2.65. The van der Waals surface area contributed by atoms with Crippen molar-refractivity contribution in [3.63, 3.8) is 0 Å². The lowest BCUT2D eigenvalue weighted by Gasteiger charge is -2.09. The minimum absolute atomic E-state index is 0.420. The summed E-state index contributed by atoms with van der Waals surface area (Å²) in [4.78, 5) is 0. The van der Waals surface area contributed by atoms with E-state index in [4.69, 9.17) is 21.6 Å². The smallest absolute Gasteiger partial charge is 0.128 e. The molecule has 0 unspecified atom stereocenters. The van der Waals surface area contributed by atoms with Gasteiger partial charge in [0.05, 0.1) is 24.4 Å². The first-order chi connectivity index (χ1) is 13.3. The molecule has 0 aliphatic carbocycles. The van der Waals surface area contributed by atoms with Crippen molar-refractivity contribution in [1.82, 2.24) is 5.43 Å². The zero-order valence-corrected chi connectivity index (χ0v) is 15.4. The van der Waals surface area contributed by atoms with Crippen molar-refractivity contribution < 1.29 is 4.74 Å². The molecule has 0 amide bonds. The van der Waals surface area contributed by atoms with Gasteiger partial charge >= 0.3 is 0 Å². The topological polar surface area (TPSA) is 57.4 Å². The second-order valence-corrected chi connectivity index (χ2v) is 6.23. The molecule has 0 aromatic heterocycles. The molecule has 5 heteroatoms. The van der Waals surface area contributed by atoms with Crippen LogP contribution in [-0.4, -0.2) is 6.21 Å². The Labute approximate surface area is 163 Å². The van der Waals surface area contributed by atoms with Gasteiger partial charge in [-0.2, -0.15) is 10.4 Å². The molecular weight excluding hydrogens is 358 g/mol. The van der Waals surface area contributed by atoms with E-state index in [1.807, 2.05) is 60.7 Å². The van der Waals surface area contributed by atoms with Crippen LogP contribution >= 0.6 is 11.6 Å². The molecule has 3 rings (SSSR count). The summed E-state index contributed by atoms with van der Waals surface area (Å²) in [6.07, 6.45) is 1.73. The van der Waals surface area contributed by atoms with E-state index in [0.29, 0.717) is 23.7 Å². The molecule has 4 nitrogen and oxygen atoms in total. The lowest BCUT2D eigenvalue weighted by molar-refractivity contribution is 0.306. The molecule has 134 valence electrons. The Balaban J connectivity index is 1.59.